The third-order valence-electron chi connectivity index (χ3n) is 2.53. The van der Waals surface area contributed by atoms with E-state index < -0.39 is 28.2 Å². The van der Waals surface area contributed by atoms with Crippen LogP contribution in [-0.2, 0) is 0 Å². The Morgan fingerprint density at radius 2 is 1.90 bits per heavy atom. The molecule has 21 heavy (non-hydrogen) atoms. The lowest BCUT2D eigenvalue weighted by atomic mass is 10.2. The first-order valence-electron chi connectivity index (χ1n) is 5.53. The fourth-order valence-corrected chi connectivity index (χ4v) is 2.65. The largest absolute Gasteiger partial charge is 0.478 e. The Bertz CT molecular complexity index is 704. The van der Waals surface area contributed by atoms with Crippen molar-refractivity contribution in [2.75, 3.05) is 0 Å². The van der Waals surface area contributed by atoms with E-state index in [1.807, 2.05) is 0 Å². The highest BCUT2D eigenvalue weighted by Gasteiger charge is 2.22. The molecule has 8 heteroatoms. The molecule has 0 aromatic heterocycles. The maximum atomic E-state index is 13.2. The lowest BCUT2D eigenvalue weighted by Crippen LogP contribution is -2.02. The predicted octanol–water partition coefficient (Wildman–Crippen LogP) is 3.72. The van der Waals surface area contributed by atoms with Gasteiger partial charge in [0.1, 0.15) is 4.90 Å². The summed E-state index contributed by atoms with van der Waals surface area (Å²) >= 11 is 0.691. The lowest BCUT2D eigenvalue weighted by Gasteiger charge is -2.07. The normalized spacial score (nSPS) is 10.4. The highest BCUT2D eigenvalue weighted by Crippen LogP contribution is 2.37. The molecule has 0 spiro atoms. The molecule has 0 heterocycles. The molecule has 0 aliphatic heterocycles. The Balaban J connectivity index is 2.53. The minimum atomic E-state index is -1.34. The van der Waals surface area contributed by atoms with Crippen molar-refractivity contribution in [3.63, 3.8) is 0 Å². The van der Waals surface area contributed by atoms with E-state index in [0.717, 1.165) is 18.2 Å². The van der Waals surface area contributed by atoms with Crippen LogP contribution in [0.2, 0.25) is 0 Å². The van der Waals surface area contributed by atoms with Crippen LogP contribution in [0.15, 0.2) is 46.2 Å². The van der Waals surface area contributed by atoms with Gasteiger partial charge in [0.25, 0.3) is 5.69 Å². The summed E-state index contributed by atoms with van der Waals surface area (Å²) in [7, 11) is 0. The van der Waals surface area contributed by atoms with Crippen LogP contribution in [0.1, 0.15) is 10.4 Å². The maximum Gasteiger partial charge on any atom is 0.337 e. The van der Waals surface area contributed by atoms with Crippen molar-refractivity contribution in [1.29, 1.82) is 0 Å². The van der Waals surface area contributed by atoms with Gasteiger partial charge in [0.2, 0.25) is 0 Å². The van der Waals surface area contributed by atoms with Crippen LogP contribution in [0.25, 0.3) is 0 Å². The molecule has 0 bridgehead atoms. The second-order valence-corrected chi connectivity index (χ2v) is 4.98. The zero-order valence-electron chi connectivity index (χ0n) is 10.2. The average Bonchev–Trinajstić information content (AvgIpc) is 2.42. The van der Waals surface area contributed by atoms with Crippen molar-refractivity contribution in [3.8, 4) is 0 Å². The zero-order valence-corrected chi connectivity index (χ0v) is 11.1. The van der Waals surface area contributed by atoms with Gasteiger partial charge in [0, 0.05) is 11.0 Å². The first-order chi connectivity index (χ1) is 9.90. The Hall–Kier alpha value is -2.48. The highest BCUT2D eigenvalue weighted by molar-refractivity contribution is 7.99. The van der Waals surface area contributed by atoms with Crippen LogP contribution >= 0.6 is 11.8 Å². The molecule has 108 valence electrons. The SMILES string of the molecule is O=C(O)c1cccc([N+](=O)[O-])c1Sc1ccc(F)c(F)c1. The van der Waals surface area contributed by atoms with E-state index in [1.165, 1.54) is 18.2 Å². The van der Waals surface area contributed by atoms with Gasteiger partial charge in [-0.15, -0.1) is 0 Å². The molecular formula is C13H7F2NO4S. The van der Waals surface area contributed by atoms with Gasteiger partial charge >= 0.3 is 5.97 Å². The zero-order chi connectivity index (χ0) is 15.6. The third kappa shape index (κ3) is 3.16. The van der Waals surface area contributed by atoms with Gasteiger partial charge in [0.15, 0.2) is 11.6 Å². The van der Waals surface area contributed by atoms with Crippen LogP contribution in [0.4, 0.5) is 14.5 Å². The number of nitro groups is 1. The monoisotopic (exact) mass is 311 g/mol. The van der Waals surface area contributed by atoms with Crippen LogP contribution in [0, 0.1) is 21.7 Å². The standard InChI is InChI=1S/C13H7F2NO4S/c14-9-5-4-7(6-10(9)15)21-12-8(13(17)18)2-1-3-11(12)16(19)20/h1-6H,(H,17,18). The van der Waals surface area contributed by atoms with Gasteiger partial charge in [0.05, 0.1) is 10.5 Å². The molecule has 0 amide bonds. The summed E-state index contributed by atoms with van der Waals surface area (Å²) in [6.07, 6.45) is 0. The van der Waals surface area contributed by atoms with Crippen molar-refractivity contribution in [1.82, 2.24) is 0 Å². The summed E-state index contributed by atoms with van der Waals surface area (Å²) in [5.41, 5.74) is -0.691. The van der Waals surface area contributed by atoms with Crippen molar-refractivity contribution in [2.24, 2.45) is 0 Å². The summed E-state index contributed by atoms with van der Waals surface area (Å²) in [6, 6.07) is 6.53. The first-order valence-corrected chi connectivity index (χ1v) is 6.35. The number of carboxylic acids is 1. The fourth-order valence-electron chi connectivity index (χ4n) is 1.60. The first kappa shape index (κ1) is 14.9. The molecule has 2 aromatic rings. The number of carbonyl (C=O) groups is 1. The second kappa shape index (κ2) is 5.88. The van der Waals surface area contributed by atoms with Crippen molar-refractivity contribution < 1.29 is 23.6 Å². The van der Waals surface area contributed by atoms with Crippen molar-refractivity contribution >= 4 is 23.4 Å². The fraction of sp³-hybridized carbons (Fsp3) is 0. The van der Waals surface area contributed by atoms with Gasteiger partial charge in [-0.1, -0.05) is 17.8 Å². The minimum Gasteiger partial charge on any atom is -0.478 e. The summed E-state index contributed by atoms with van der Waals surface area (Å²) in [6.45, 7) is 0. The van der Waals surface area contributed by atoms with E-state index in [9.17, 15) is 23.7 Å². The molecule has 0 aliphatic carbocycles. The summed E-state index contributed by atoms with van der Waals surface area (Å²) < 4.78 is 26.0. The average molecular weight is 311 g/mol. The number of halogens is 2. The van der Waals surface area contributed by atoms with Gasteiger partial charge < -0.3 is 5.11 Å². The van der Waals surface area contributed by atoms with E-state index in [1.54, 1.807) is 0 Å². The maximum absolute atomic E-state index is 13.2. The Morgan fingerprint density at radius 1 is 1.19 bits per heavy atom. The van der Waals surface area contributed by atoms with E-state index in [2.05, 4.69) is 0 Å². The van der Waals surface area contributed by atoms with E-state index >= 15 is 0 Å². The molecule has 5 nitrogen and oxygen atoms in total. The molecule has 0 aliphatic rings. The summed E-state index contributed by atoms with van der Waals surface area (Å²) in [5, 5.41) is 20.1. The molecule has 0 atom stereocenters. The van der Waals surface area contributed by atoms with Crippen molar-refractivity contribution in [3.05, 3.63) is 63.7 Å². The molecule has 0 fully saturated rings. The number of nitrogens with zero attached hydrogens (tertiary/aromatic N) is 1. The quantitative estimate of drug-likeness (QED) is 0.687. The number of hydrogen-bond acceptors (Lipinski definition) is 4. The smallest absolute Gasteiger partial charge is 0.337 e. The molecule has 0 saturated heterocycles. The molecule has 0 radical (unpaired) electrons. The van der Waals surface area contributed by atoms with Crippen LogP contribution in [-0.4, -0.2) is 16.0 Å². The Kier molecular flexibility index (Phi) is 4.18. The molecule has 0 unspecified atom stereocenters. The highest BCUT2D eigenvalue weighted by atomic mass is 32.2. The van der Waals surface area contributed by atoms with Gasteiger partial charge in [-0.25, -0.2) is 13.6 Å². The van der Waals surface area contributed by atoms with E-state index in [-0.39, 0.29) is 15.4 Å². The topological polar surface area (TPSA) is 80.4 Å². The Morgan fingerprint density at radius 3 is 2.48 bits per heavy atom. The summed E-state index contributed by atoms with van der Waals surface area (Å²) in [4.78, 5) is 21.4. The van der Waals surface area contributed by atoms with E-state index in [4.69, 9.17) is 5.11 Å². The molecular weight excluding hydrogens is 304 g/mol. The number of rotatable bonds is 4. The summed E-state index contributed by atoms with van der Waals surface area (Å²) in [5.74, 6) is -3.51. The van der Waals surface area contributed by atoms with Crippen LogP contribution in [0.3, 0.4) is 0 Å². The number of benzene rings is 2. The molecule has 2 rings (SSSR count). The van der Waals surface area contributed by atoms with Gasteiger partial charge in [-0.3, -0.25) is 10.1 Å². The van der Waals surface area contributed by atoms with Crippen LogP contribution < -0.4 is 0 Å². The van der Waals surface area contributed by atoms with Gasteiger partial charge in [-0.05, 0) is 24.3 Å². The predicted molar refractivity (Wildman–Crippen MR) is 70.5 cm³/mol. The number of nitro benzene ring substituents is 1. The number of carboxylic acid groups (broad SMARTS) is 1. The minimum absolute atomic E-state index is 0.138. The Labute approximate surface area is 121 Å². The van der Waals surface area contributed by atoms with Crippen molar-refractivity contribution in [2.45, 2.75) is 9.79 Å². The number of aromatic carboxylic acids is 1. The van der Waals surface area contributed by atoms with E-state index in [0.29, 0.717) is 11.8 Å². The molecule has 1 N–H and O–H groups in total. The van der Waals surface area contributed by atoms with Crippen LogP contribution in [0.5, 0.6) is 0 Å². The lowest BCUT2D eigenvalue weighted by molar-refractivity contribution is -0.387. The van der Waals surface area contributed by atoms with Gasteiger partial charge in [-0.2, -0.15) is 0 Å². The second-order valence-electron chi connectivity index (χ2n) is 3.89. The third-order valence-corrected chi connectivity index (χ3v) is 3.66. The molecule has 2 aromatic carbocycles. The molecule has 0 saturated carbocycles. The number of hydrogen-bond donors (Lipinski definition) is 1.